The SMILES string of the molecule is CCn1cc(Oc2cccc(F)c2CO)cn1. The maximum absolute atomic E-state index is 13.4. The molecule has 17 heavy (non-hydrogen) atoms. The fourth-order valence-electron chi connectivity index (χ4n) is 1.49. The molecule has 1 aromatic heterocycles. The van der Waals surface area contributed by atoms with Crippen LogP contribution in [0.3, 0.4) is 0 Å². The number of benzene rings is 1. The minimum Gasteiger partial charge on any atom is -0.454 e. The molecular weight excluding hydrogens is 223 g/mol. The van der Waals surface area contributed by atoms with Crippen molar-refractivity contribution in [1.29, 1.82) is 0 Å². The molecule has 1 aromatic carbocycles. The smallest absolute Gasteiger partial charge is 0.165 e. The van der Waals surface area contributed by atoms with Crippen LogP contribution in [0.25, 0.3) is 0 Å². The zero-order valence-electron chi connectivity index (χ0n) is 9.43. The van der Waals surface area contributed by atoms with E-state index in [0.29, 0.717) is 11.5 Å². The van der Waals surface area contributed by atoms with E-state index in [4.69, 9.17) is 9.84 Å². The first-order valence-corrected chi connectivity index (χ1v) is 5.33. The summed E-state index contributed by atoms with van der Waals surface area (Å²) < 4.78 is 20.5. The van der Waals surface area contributed by atoms with E-state index in [1.54, 1.807) is 23.1 Å². The lowest BCUT2D eigenvalue weighted by Gasteiger charge is -2.08. The van der Waals surface area contributed by atoms with Crippen molar-refractivity contribution in [3.63, 3.8) is 0 Å². The van der Waals surface area contributed by atoms with Crippen LogP contribution in [0.2, 0.25) is 0 Å². The maximum Gasteiger partial charge on any atom is 0.165 e. The quantitative estimate of drug-likeness (QED) is 0.886. The molecule has 0 saturated carbocycles. The van der Waals surface area contributed by atoms with E-state index >= 15 is 0 Å². The number of ether oxygens (including phenoxy) is 1. The summed E-state index contributed by atoms with van der Waals surface area (Å²) >= 11 is 0. The summed E-state index contributed by atoms with van der Waals surface area (Å²) in [6, 6.07) is 4.43. The van der Waals surface area contributed by atoms with Gasteiger partial charge in [0.2, 0.25) is 0 Å². The summed E-state index contributed by atoms with van der Waals surface area (Å²) in [7, 11) is 0. The highest BCUT2D eigenvalue weighted by Crippen LogP contribution is 2.26. The summed E-state index contributed by atoms with van der Waals surface area (Å²) in [5.74, 6) is 0.350. The molecule has 4 nitrogen and oxygen atoms in total. The minimum absolute atomic E-state index is 0.150. The van der Waals surface area contributed by atoms with Gasteiger partial charge in [-0.15, -0.1) is 0 Å². The van der Waals surface area contributed by atoms with Gasteiger partial charge in [0.05, 0.1) is 24.6 Å². The van der Waals surface area contributed by atoms with Crippen LogP contribution in [0.1, 0.15) is 12.5 Å². The van der Waals surface area contributed by atoms with Gasteiger partial charge in [-0.25, -0.2) is 4.39 Å². The second kappa shape index (κ2) is 4.97. The molecule has 0 atom stereocenters. The third-order valence-electron chi connectivity index (χ3n) is 2.40. The standard InChI is InChI=1S/C12H13FN2O2/c1-2-15-7-9(6-14-15)17-12-5-3-4-11(13)10(12)8-16/h3-7,16H,2,8H2,1H3. The van der Waals surface area contributed by atoms with Crippen LogP contribution < -0.4 is 4.74 Å². The molecule has 0 radical (unpaired) electrons. The number of hydrogen-bond acceptors (Lipinski definition) is 3. The van der Waals surface area contributed by atoms with Crippen molar-refractivity contribution in [3.8, 4) is 11.5 Å². The third kappa shape index (κ3) is 2.45. The van der Waals surface area contributed by atoms with Gasteiger partial charge >= 0.3 is 0 Å². The van der Waals surface area contributed by atoms with Crippen molar-refractivity contribution in [2.75, 3.05) is 0 Å². The van der Waals surface area contributed by atoms with Gasteiger partial charge in [0.25, 0.3) is 0 Å². The Labute approximate surface area is 98.3 Å². The van der Waals surface area contributed by atoms with Crippen LogP contribution in [0, 0.1) is 5.82 Å². The van der Waals surface area contributed by atoms with Crippen LogP contribution >= 0.6 is 0 Å². The number of halogens is 1. The molecule has 1 N–H and O–H groups in total. The number of rotatable bonds is 4. The fourth-order valence-corrected chi connectivity index (χ4v) is 1.49. The largest absolute Gasteiger partial charge is 0.454 e. The lowest BCUT2D eigenvalue weighted by molar-refractivity contribution is 0.270. The lowest BCUT2D eigenvalue weighted by Crippen LogP contribution is -1.95. The Kier molecular flexibility index (Phi) is 3.39. The second-order valence-electron chi connectivity index (χ2n) is 3.51. The number of hydrogen-bond donors (Lipinski definition) is 1. The van der Waals surface area contributed by atoms with Gasteiger partial charge in [0.15, 0.2) is 5.75 Å². The van der Waals surface area contributed by atoms with E-state index in [1.807, 2.05) is 6.92 Å². The van der Waals surface area contributed by atoms with E-state index in [-0.39, 0.29) is 5.56 Å². The monoisotopic (exact) mass is 236 g/mol. The highest BCUT2D eigenvalue weighted by molar-refractivity contribution is 5.37. The average molecular weight is 236 g/mol. The van der Waals surface area contributed by atoms with E-state index in [1.165, 1.54) is 12.1 Å². The average Bonchev–Trinajstić information content (AvgIpc) is 2.77. The number of nitrogens with zero attached hydrogens (tertiary/aromatic N) is 2. The van der Waals surface area contributed by atoms with Crippen molar-refractivity contribution < 1.29 is 14.2 Å². The van der Waals surface area contributed by atoms with Crippen LogP contribution in [-0.4, -0.2) is 14.9 Å². The number of aryl methyl sites for hydroxylation is 1. The predicted octanol–water partition coefficient (Wildman–Crippen LogP) is 2.33. The highest BCUT2D eigenvalue weighted by atomic mass is 19.1. The van der Waals surface area contributed by atoms with Crippen LogP contribution in [-0.2, 0) is 13.2 Å². The molecule has 0 spiro atoms. The molecule has 5 heteroatoms. The Morgan fingerprint density at radius 1 is 1.47 bits per heavy atom. The van der Waals surface area contributed by atoms with Crippen molar-refractivity contribution in [2.24, 2.45) is 0 Å². The van der Waals surface area contributed by atoms with Crippen LogP contribution in [0.15, 0.2) is 30.6 Å². The van der Waals surface area contributed by atoms with Gasteiger partial charge in [0, 0.05) is 6.54 Å². The fraction of sp³-hybridized carbons (Fsp3) is 0.250. The molecule has 0 bridgehead atoms. The molecule has 2 rings (SSSR count). The van der Waals surface area contributed by atoms with Gasteiger partial charge in [0.1, 0.15) is 11.6 Å². The third-order valence-corrected chi connectivity index (χ3v) is 2.40. The molecule has 0 amide bonds. The van der Waals surface area contributed by atoms with Gasteiger partial charge in [-0.1, -0.05) is 6.07 Å². The summed E-state index contributed by atoms with van der Waals surface area (Å²) in [5, 5.41) is 13.1. The normalized spacial score (nSPS) is 10.5. The van der Waals surface area contributed by atoms with E-state index in [9.17, 15) is 4.39 Å². The zero-order chi connectivity index (χ0) is 12.3. The Bertz CT molecular complexity index is 511. The first kappa shape index (κ1) is 11.6. The molecular formula is C12H13FN2O2. The first-order valence-electron chi connectivity index (χ1n) is 5.33. The Morgan fingerprint density at radius 2 is 2.29 bits per heavy atom. The molecule has 0 aliphatic carbocycles. The number of aromatic nitrogens is 2. The molecule has 2 aromatic rings. The van der Waals surface area contributed by atoms with Crippen molar-refractivity contribution in [2.45, 2.75) is 20.1 Å². The minimum atomic E-state index is -0.479. The lowest BCUT2D eigenvalue weighted by atomic mass is 10.2. The van der Waals surface area contributed by atoms with Gasteiger partial charge in [-0.2, -0.15) is 5.10 Å². The Balaban J connectivity index is 2.26. The van der Waals surface area contributed by atoms with Crippen LogP contribution in [0.5, 0.6) is 11.5 Å². The van der Waals surface area contributed by atoms with E-state index < -0.39 is 12.4 Å². The summed E-state index contributed by atoms with van der Waals surface area (Å²) in [4.78, 5) is 0. The summed E-state index contributed by atoms with van der Waals surface area (Å²) in [6.45, 7) is 2.29. The number of aliphatic hydroxyl groups is 1. The van der Waals surface area contributed by atoms with E-state index in [2.05, 4.69) is 5.10 Å². The molecule has 0 saturated heterocycles. The molecule has 0 aliphatic rings. The summed E-state index contributed by atoms with van der Waals surface area (Å²) in [5.41, 5.74) is 0.150. The summed E-state index contributed by atoms with van der Waals surface area (Å²) in [6.07, 6.45) is 3.27. The highest BCUT2D eigenvalue weighted by Gasteiger charge is 2.10. The van der Waals surface area contributed by atoms with Gasteiger partial charge < -0.3 is 9.84 Å². The number of aliphatic hydroxyl groups excluding tert-OH is 1. The Hall–Kier alpha value is -1.88. The Morgan fingerprint density at radius 3 is 2.94 bits per heavy atom. The van der Waals surface area contributed by atoms with Gasteiger partial charge in [-0.3, -0.25) is 4.68 Å². The molecule has 1 heterocycles. The zero-order valence-corrected chi connectivity index (χ0v) is 9.43. The maximum atomic E-state index is 13.4. The van der Waals surface area contributed by atoms with Crippen LogP contribution in [0.4, 0.5) is 4.39 Å². The van der Waals surface area contributed by atoms with E-state index in [0.717, 1.165) is 6.54 Å². The van der Waals surface area contributed by atoms with Crippen molar-refractivity contribution in [3.05, 3.63) is 42.0 Å². The van der Waals surface area contributed by atoms with Crippen molar-refractivity contribution >= 4 is 0 Å². The predicted molar refractivity (Wildman–Crippen MR) is 60.3 cm³/mol. The van der Waals surface area contributed by atoms with Gasteiger partial charge in [-0.05, 0) is 19.1 Å². The topological polar surface area (TPSA) is 47.3 Å². The molecule has 0 fully saturated rings. The molecule has 0 aliphatic heterocycles. The molecule has 90 valence electrons. The van der Waals surface area contributed by atoms with Crippen molar-refractivity contribution in [1.82, 2.24) is 9.78 Å². The second-order valence-corrected chi connectivity index (χ2v) is 3.51. The molecule has 0 unspecified atom stereocenters. The first-order chi connectivity index (χ1) is 8.24.